The molecule has 0 aliphatic carbocycles. The molecule has 5 nitrogen and oxygen atoms in total. The maximum atomic E-state index is 5.37. The van der Waals surface area contributed by atoms with Gasteiger partial charge in [0.25, 0.3) is 0 Å². The van der Waals surface area contributed by atoms with Crippen LogP contribution in [0.2, 0.25) is 6.04 Å². The normalized spacial score (nSPS) is 16.2. The lowest BCUT2D eigenvalue weighted by molar-refractivity contribution is 0.122. The Morgan fingerprint density at radius 1 is 1.12 bits per heavy atom. The van der Waals surface area contributed by atoms with Crippen LogP contribution in [0.1, 0.15) is 6.42 Å². The Morgan fingerprint density at radius 3 is 2.19 bits per heavy atom. The van der Waals surface area contributed by atoms with E-state index < -0.39 is 8.80 Å². The Morgan fingerprint density at radius 2 is 1.75 bits per heavy atom. The Labute approximate surface area is 98.9 Å². The van der Waals surface area contributed by atoms with Crippen molar-refractivity contribution >= 4 is 8.80 Å². The fourth-order valence-corrected chi connectivity index (χ4v) is 3.49. The van der Waals surface area contributed by atoms with Crippen LogP contribution in [0.3, 0.4) is 0 Å². The Balaban J connectivity index is 2.26. The molecule has 1 aliphatic heterocycles. The topological polar surface area (TPSA) is 34.2 Å². The fraction of sp³-hybridized carbons (Fsp3) is 0.800. The highest BCUT2D eigenvalue weighted by atomic mass is 28.4. The Kier molecular flexibility index (Phi) is 5.27. The Hall–Kier alpha value is -0.563. The monoisotopic (exact) mass is 246 g/mol. The van der Waals surface area contributed by atoms with Crippen molar-refractivity contribution in [3.8, 4) is 0 Å². The standard InChI is InChI=1S/C10H22N2O3Si/c1-11-7-8-12(10-11)6-5-9-16(13-2,14-3)15-4/h7-8H,5-6,9-10H2,1-4H3. The first-order chi connectivity index (χ1) is 7.65. The van der Waals surface area contributed by atoms with Gasteiger partial charge in [0.05, 0.1) is 6.67 Å². The second-order valence-electron chi connectivity index (χ2n) is 3.91. The van der Waals surface area contributed by atoms with E-state index in [1.54, 1.807) is 21.3 Å². The molecule has 0 bridgehead atoms. The molecule has 1 heterocycles. The average molecular weight is 246 g/mol. The molecule has 0 amide bonds. The van der Waals surface area contributed by atoms with Gasteiger partial charge in [0, 0.05) is 53.4 Å². The minimum Gasteiger partial charge on any atom is -0.377 e. The summed E-state index contributed by atoms with van der Waals surface area (Å²) in [6.07, 6.45) is 5.20. The van der Waals surface area contributed by atoms with Crippen molar-refractivity contribution in [2.24, 2.45) is 0 Å². The van der Waals surface area contributed by atoms with E-state index in [9.17, 15) is 0 Å². The molecule has 0 aromatic rings. The van der Waals surface area contributed by atoms with Crippen LogP contribution in [0.4, 0.5) is 0 Å². The van der Waals surface area contributed by atoms with Crippen molar-refractivity contribution in [3.63, 3.8) is 0 Å². The van der Waals surface area contributed by atoms with Crippen LogP contribution in [0, 0.1) is 0 Å². The molecule has 1 aliphatic rings. The molecule has 0 unspecified atom stereocenters. The molecule has 0 radical (unpaired) electrons. The van der Waals surface area contributed by atoms with Crippen molar-refractivity contribution in [2.75, 3.05) is 41.6 Å². The predicted molar refractivity (Wildman–Crippen MR) is 64.7 cm³/mol. The van der Waals surface area contributed by atoms with E-state index in [-0.39, 0.29) is 0 Å². The molecule has 0 aromatic carbocycles. The third kappa shape index (κ3) is 3.48. The third-order valence-corrected chi connectivity index (χ3v) is 5.63. The largest absolute Gasteiger partial charge is 0.500 e. The highest BCUT2D eigenvalue weighted by molar-refractivity contribution is 6.60. The van der Waals surface area contributed by atoms with Gasteiger partial charge in [0.15, 0.2) is 0 Å². The van der Waals surface area contributed by atoms with Crippen LogP contribution >= 0.6 is 0 Å². The van der Waals surface area contributed by atoms with Gasteiger partial charge in [-0.15, -0.1) is 0 Å². The molecule has 1 rings (SSSR count). The molecule has 0 saturated carbocycles. The molecule has 0 N–H and O–H groups in total. The first-order valence-corrected chi connectivity index (χ1v) is 7.37. The maximum absolute atomic E-state index is 5.37. The number of hydrogen-bond donors (Lipinski definition) is 0. The smallest absolute Gasteiger partial charge is 0.377 e. The van der Waals surface area contributed by atoms with Crippen LogP contribution in [0.25, 0.3) is 0 Å². The van der Waals surface area contributed by atoms with Gasteiger partial charge in [0.2, 0.25) is 0 Å². The van der Waals surface area contributed by atoms with Crippen LogP contribution in [-0.2, 0) is 13.3 Å². The summed E-state index contributed by atoms with van der Waals surface area (Å²) in [5.74, 6) is 0. The highest BCUT2D eigenvalue weighted by Crippen LogP contribution is 2.16. The Bertz CT molecular complexity index is 226. The predicted octanol–water partition coefficient (Wildman–Crippen LogP) is 0.931. The van der Waals surface area contributed by atoms with E-state index in [1.807, 2.05) is 0 Å². The quantitative estimate of drug-likeness (QED) is 0.624. The zero-order valence-electron chi connectivity index (χ0n) is 10.6. The number of rotatable bonds is 7. The average Bonchev–Trinajstić information content (AvgIpc) is 2.71. The van der Waals surface area contributed by atoms with Gasteiger partial charge in [-0.25, -0.2) is 0 Å². The van der Waals surface area contributed by atoms with Gasteiger partial charge in [-0.1, -0.05) is 0 Å². The minimum absolute atomic E-state index is 0.852. The molecule has 0 aromatic heterocycles. The van der Waals surface area contributed by atoms with Crippen molar-refractivity contribution < 1.29 is 13.3 Å². The van der Waals surface area contributed by atoms with Crippen LogP contribution in [-0.4, -0.2) is 60.2 Å². The molecular weight excluding hydrogens is 224 g/mol. The van der Waals surface area contributed by atoms with Gasteiger partial charge >= 0.3 is 8.80 Å². The zero-order chi connectivity index (χ0) is 12.0. The molecule has 0 fully saturated rings. The number of nitrogens with zero attached hydrogens (tertiary/aromatic N) is 2. The second kappa shape index (κ2) is 6.24. The van der Waals surface area contributed by atoms with E-state index in [2.05, 4.69) is 29.2 Å². The van der Waals surface area contributed by atoms with E-state index in [0.29, 0.717) is 0 Å². The summed E-state index contributed by atoms with van der Waals surface area (Å²) in [5.41, 5.74) is 0. The minimum atomic E-state index is -2.37. The molecular formula is C10H22N2O3Si. The maximum Gasteiger partial charge on any atom is 0.500 e. The molecule has 0 saturated heterocycles. The van der Waals surface area contributed by atoms with Gasteiger partial charge in [0.1, 0.15) is 0 Å². The van der Waals surface area contributed by atoms with Crippen LogP contribution in [0.15, 0.2) is 12.4 Å². The lowest BCUT2D eigenvalue weighted by Crippen LogP contribution is -2.43. The summed E-state index contributed by atoms with van der Waals surface area (Å²) in [4.78, 5) is 4.41. The third-order valence-electron chi connectivity index (χ3n) is 2.80. The summed E-state index contributed by atoms with van der Waals surface area (Å²) in [6, 6.07) is 0.852. The first kappa shape index (κ1) is 13.5. The summed E-state index contributed by atoms with van der Waals surface area (Å²) in [6.45, 7) is 1.97. The van der Waals surface area contributed by atoms with E-state index >= 15 is 0 Å². The molecule has 0 spiro atoms. The van der Waals surface area contributed by atoms with Gasteiger partial charge < -0.3 is 23.1 Å². The highest BCUT2D eigenvalue weighted by Gasteiger charge is 2.37. The molecule has 16 heavy (non-hydrogen) atoms. The first-order valence-electron chi connectivity index (χ1n) is 5.44. The van der Waals surface area contributed by atoms with Crippen molar-refractivity contribution in [2.45, 2.75) is 12.5 Å². The molecule has 0 atom stereocenters. The molecule has 94 valence electrons. The number of hydrogen-bond acceptors (Lipinski definition) is 5. The van der Waals surface area contributed by atoms with Crippen molar-refractivity contribution in [1.82, 2.24) is 9.80 Å². The van der Waals surface area contributed by atoms with Gasteiger partial charge in [-0.05, 0) is 6.42 Å². The van der Waals surface area contributed by atoms with Crippen molar-refractivity contribution in [3.05, 3.63) is 12.4 Å². The SMILES string of the molecule is CO[Si](CCCN1C=CN(C)C1)(OC)OC. The second-order valence-corrected chi connectivity index (χ2v) is 7.00. The zero-order valence-corrected chi connectivity index (χ0v) is 11.6. The molecule has 6 heteroatoms. The van der Waals surface area contributed by atoms with Gasteiger partial charge in [-0.3, -0.25) is 0 Å². The van der Waals surface area contributed by atoms with E-state index in [1.165, 1.54) is 0 Å². The summed E-state index contributed by atoms with van der Waals surface area (Å²) >= 11 is 0. The van der Waals surface area contributed by atoms with Crippen molar-refractivity contribution in [1.29, 1.82) is 0 Å². The summed E-state index contributed by atoms with van der Waals surface area (Å²) < 4.78 is 16.1. The van der Waals surface area contributed by atoms with E-state index in [0.717, 1.165) is 25.7 Å². The fourth-order valence-electron chi connectivity index (χ4n) is 1.79. The van der Waals surface area contributed by atoms with Crippen LogP contribution in [0.5, 0.6) is 0 Å². The summed E-state index contributed by atoms with van der Waals surface area (Å²) in [7, 11) is 4.66. The van der Waals surface area contributed by atoms with Gasteiger partial charge in [-0.2, -0.15) is 0 Å². The van der Waals surface area contributed by atoms with Crippen LogP contribution < -0.4 is 0 Å². The lowest BCUT2D eigenvalue weighted by Gasteiger charge is -2.25. The lowest BCUT2D eigenvalue weighted by atomic mass is 10.4. The summed E-state index contributed by atoms with van der Waals surface area (Å²) in [5, 5.41) is 0. The van der Waals surface area contributed by atoms with E-state index in [4.69, 9.17) is 13.3 Å².